The highest BCUT2D eigenvalue weighted by Gasteiger charge is 2.51. The molecule has 5 fully saturated rings. The molecule has 0 unspecified atom stereocenters. The Morgan fingerprint density at radius 1 is 0.529 bits per heavy atom. The van der Waals surface area contributed by atoms with E-state index in [0.29, 0.717) is 11.3 Å². The Bertz CT molecular complexity index is 1950. The molecule has 0 spiro atoms. The van der Waals surface area contributed by atoms with Crippen molar-refractivity contribution in [2.45, 2.75) is 101 Å². The maximum absolute atomic E-state index is 2.50. The van der Waals surface area contributed by atoms with Gasteiger partial charge in [0.05, 0.1) is 11.4 Å². The fourth-order valence-corrected chi connectivity index (χ4v) is 11.9. The van der Waals surface area contributed by atoms with Gasteiger partial charge in [-0.3, -0.25) is 0 Å². The van der Waals surface area contributed by atoms with E-state index in [0.717, 1.165) is 17.8 Å². The smallest absolute Gasteiger partial charge is 0.0502 e. The summed E-state index contributed by atoms with van der Waals surface area (Å²) in [6, 6.07) is 46.7. The fourth-order valence-electron chi connectivity index (χ4n) is 11.9. The van der Waals surface area contributed by atoms with Crippen LogP contribution in [0.1, 0.15) is 113 Å². The van der Waals surface area contributed by atoms with Crippen LogP contribution >= 0.6 is 0 Å². The van der Waals surface area contributed by atoms with Crippen molar-refractivity contribution < 1.29 is 0 Å². The average Bonchev–Trinajstić information content (AvgIpc) is 3.16. The lowest BCUT2D eigenvalue weighted by Crippen LogP contribution is -2.48. The summed E-state index contributed by atoms with van der Waals surface area (Å²) in [4.78, 5) is 4.95. The molecule has 1 heterocycles. The second kappa shape index (κ2) is 12.1. The minimum atomic E-state index is -0.0629. The van der Waals surface area contributed by atoms with E-state index in [2.05, 4.69) is 145 Å². The molecule has 5 saturated carbocycles. The lowest BCUT2D eigenvalue weighted by atomic mass is 9.48. The molecule has 258 valence electrons. The molecule has 0 amide bonds. The Kier molecular flexibility index (Phi) is 7.49. The van der Waals surface area contributed by atoms with Crippen molar-refractivity contribution >= 4 is 34.1 Å². The first kappa shape index (κ1) is 31.4. The first-order valence-electron chi connectivity index (χ1n) is 20.1. The molecule has 6 aliphatic rings. The summed E-state index contributed by atoms with van der Waals surface area (Å²) in [6.07, 6.45) is 15.5. The van der Waals surface area contributed by atoms with E-state index < -0.39 is 0 Å². The van der Waals surface area contributed by atoms with Crippen LogP contribution in [0, 0.1) is 17.8 Å². The van der Waals surface area contributed by atoms with Crippen molar-refractivity contribution in [2.24, 2.45) is 17.8 Å². The van der Waals surface area contributed by atoms with E-state index in [1.54, 1.807) is 5.56 Å². The van der Waals surface area contributed by atoms with Gasteiger partial charge in [0.15, 0.2) is 0 Å². The van der Waals surface area contributed by atoms with Crippen molar-refractivity contribution in [3.63, 3.8) is 0 Å². The van der Waals surface area contributed by atoms with Gasteiger partial charge in [-0.1, -0.05) is 93.8 Å². The molecule has 5 aliphatic carbocycles. The summed E-state index contributed by atoms with van der Waals surface area (Å²) in [5, 5.41) is 0. The number of rotatable bonds is 6. The van der Waals surface area contributed by atoms with E-state index >= 15 is 0 Å². The van der Waals surface area contributed by atoms with Gasteiger partial charge in [-0.05, 0) is 163 Å². The molecule has 51 heavy (non-hydrogen) atoms. The molecule has 1 aliphatic heterocycles. The standard InChI is InChI=1S/C49H52N2/c1-48(2)44-12-6-8-14-46(44)51(47-15-9-7-13-45(47)48)43-26-24-42(25-27-43)50(40-20-16-38(17-21-40)37-10-4-3-5-11-37)41-22-18-39(19-23-41)49-31-34-28-35(32-49)30-36(29-34)33-49/h6-9,12-27,34-37H,3-5,10-11,28-33H2,1-2H3. The van der Waals surface area contributed by atoms with Gasteiger partial charge in [0, 0.05) is 28.2 Å². The van der Waals surface area contributed by atoms with Crippen LogP contribution in [0.15, 0.2) is 121 Å². The monoisotopic (exact) mass is 668 g/mol. The molecule has 0 atom stereocenters. The second-order valence-electron chi connectivity index (χ2n) is 17.5. The molecule has 0 aromatic heterocycles. The van der Waals surface area contributed by atoms with Crippen LogP contribution in [-0.4, -0.2) is 0 Å². The third-order valence-electron chi connectivity index (χ3n) is 14.0. The minimum absolute atomic E-state index is 0.0629. The Labute approximate surface area is 305 Å². The number of hydrogen-bond donors (Lipinski definition) is 0. The number of hydrogen-bond acceptors (Lipinski definition) is 2. The molecular formula is C49H52N2. The molecule has 0 N–H and O–H groups in total. The van der Waals surface area contributed by atoms with Crippen LogP contribution in [0.2, 0.25) is 0 Å². The Hall–Kier alpha value is -4.30. The van der Waals surface area contributed by atoms with Crippen molar-refractivity contribution in [1.82, 2.24) is 0 Å². The lowest BCUT2D eigenvalue weighted by Gasteiger charge is -2.57. The molecular weight excluding hydrogens is 617 g/mol. The molecule has 5 aromatic carbocycles. The van der Waals surface area contributed by atoms with Crippen LogP contribution in [0.5, 0.6) is 0 Å². The largest absolute Gasteiger partial charge is 0.311 e. The summed E-state index contributed by atoms with van der Waals surface area (Å²) in [7, 11) is 0. The van der Waals surface area contributed by atoms with Gasteiger partial charge in [-0.25, -0.2) is 0 Å². The zero-order valence-electron chi connectivity index (χ0n) is 30.5. The van der Waals surface area contributed by atoms with Gasteiger partial charge in [0.25, 0.3) is 0 Å². The maximum Gasteiger partial charge on any atom is 0.0502 e. The normalized spacial score (nSPS) is 26.1. The summed E-state index contributed by atoms with van der Waals surface area (Å²) in [6.45, 7) is 4.72. The predicted molar refractivity (Wildman–Crippen MR) is 214 cm³/mol. The fraction of sp³-hybridized carbons (Fsp3) is 0.388. The van der Waals surface area contributed by atoms with Crippen molar-refractivity contribution in [2.75, 3.05) is 9.80 Å². The van der Waals surface area contributed by atoms with Gasteiger partial charge >= 0.3 is 0 Å². The molecule has 2 nitrogen and oxygen atoms in total. The number of anilines is 6. The number of benzene rings is 5. The Morgan fingerprint density at radius 2 is 1.00 bits per heavy atom. The molecule has 0 radical (unpaired) electrons. The zero-order valence-corrected chi connectivity index (χ0v) is 30.5. The minimum Gasteiger partial charge on any atom is -0.311 e. The van der Waals surface area contributed by atoms with Crippen molar-refractivity contribution in [3.05, 3.63) is 144 Å². The summed E-state index contributed by atoms with van der Waals surface area (Å²) < 4.78 is 0. The van der Waals surface area contributed by atoms with Gasteiger partial charge in [0.1, 0.15) is 0 Å². The van der Waals surface area contributed by atoms with E-state index in [-0.39, 0.29) is 5.41 Å². The van der Waals surface area contributed by atoms with E-state index in [1.807, 2.05) is 0 Å². The molecule has 4 bridgehead atoms. The van der Waals surface area contributed by atoms with Crippen LogP contribution in [-0.2, 0) is 10.8 Å². The van der Waals surface area contributed by atoms with Crippen molar-refractivity contribution in [1.29, 1.82) is 0 Å². The molecule has 5 aromatic rings. The Morgan fingerprint density at radius 3 is 1.53 bits per heavy atom. The first-order valence-corrected chi connectivity index (χ1v) is 20.1. The quantitative estimate of drug-likeness (QED) is 0.178. The van der Waals surface area contributed by atoms with Crippen LogP contribution in [0.4, 0.5) is 34.1 Å². The van der Waals surface area contributed by atoms with Gasteiger partial charge in [-0.15, -0.1) is 0 Å². The van der Waals surface area contributed by atoms with Crippen molar-refractivity contribution in [3.8, 4) is 0 Å². The number of para-hydroxylation sites is 2. The van der Waals surface area contributed by atoms with Crippen LogP contribution in [0.3, 0.4) is 0 Å². The molecule has 2 heteroatoms. The zero-order chi connectivity index (χ0) is 34.2. The van der Waals surface area contributed by atoms with E-state index in [1.165, 1.54) is 121 Å². The van der Waals surface area contributed by atoms with Gasteiger partial charge < -0.3 is 9.80 Å². The topological polar surface area (TPSA) is 6.48 Å². The molecule has 11 rings (SSSR count). The number of nitrogens with zero attached hydrogens (tertiary/aromatic N) is 2. The van der Waals surface area contributed by atoms with Crippen LogP contribution < -0.4 is 9.80 Å². The third-order valence-corrected chi connectivity index (χ3v) is 14.0. The lowest BCUT2D eigenvalue weighted by molar-refractivity contribution is -0.00518. The highest BCUT2D eigenvalue weighted by atomic mass is 15.2. The Balaban J connectivity index is 1.02. The highest BCUT2D eigenvalue weighted by molar-refractivity contribution is 5.87. The van der Waals surface area contributed by atoms with Crippen LogP contribution in [0.25, 0.3) is 0 Å². The summed E-state index contributed by atoms with van der Waals surface area (Å²) >= 11 is 0. The molecule has 0 saturated heterocycles. The first-order chi connectivity index (χ1) is 24.9. The summed E-state index contributed by atoms with van der Waals surface area (Å²) in [5.41, 5.74) is 13.6. The maximum atomic E-state index is 2.50. The second-order valence-corrected chi connectivity index (χ2v) is 17.5. The highest BCUT2D eigenvalue weighted by Crippen LogP contribution is 2.61. The predicted octanol–water partition coefficient (Wildman–Crippen LogP) is 13.8. The average molecular weight is 669 g/mol. The van der Waals surface area contributed by atoms with Gasteiger partial charge in [0.2, 0.25) is 0 Å². The van der Waals surface area contributed by atoms with E-state index in [4.69, 9.17) is 0 Å². The van der Waals surface area contributed by atoms with Gasteiger partial charge in [-0.2, -0.15) is 0 Å². The SMILES string of the molecule is CC1(C)c2ccccc2N(c2ccc(N(c3ccc(C4CCCCC4)cc3)c3ccc(C45CC6CC(CC(C6)C4)C5)cc3)cc2)c2ccccc21. The summed E-state index contributed by atoms with van der Waals surface area (Å²) in [5.74, 6) is 3.58. The third kappa shape index (κ3) is 5.27. The number of fused-ring (bicyclic) bond motifs is 2. The van der Waals surface area contributed by atoms with E-state index in [9.17, 15) is 0 Å².